The maximum atomic E-state index is 12.9. The number of amides is 1. The molecule has 4 nitrogen and oxygen atoms in total. The Labute approximate surface area is 126 Å². The third kappa shape index (κ3) is 3.05. The van der Waals surface area contributed by atoms with Crippen LogP contribution in [0.2, 0.25) is 0 Å². The van der Waals surface area contributed by atoms with Gasteiger partial charge in [0, 0.05) is 25.3 Å². The summed E-state index contributed by atoms with van der Waals surface area (Å²) in [5.41, 5.74) is 1.16. The first-order valence-electron chi connectivity index (χ1n) is 7.91. The van der Waals surface area contributed by atoms with Gasteiger partial charge in [-0.3, -0.25) is 4.79 Å². The molecule has 0 saturated carbocycles. The second kappa shape index (κ2) is 6.06. The van der Waals surface area contributed by atoms with Crippen molar-refractivity contribution in [3.63, 3.8) is 0 Å². The molecule has 0 N–H and O–H groups in total. The minimum absolute atomic E-state index is 0.00935. The molecule has 1 unspecified atom stereocenters. The maximum absolute atomic E-state index is 12.9. The van der Waals surface area contributed by atoms with Gasteiger partial charge in [0.15, 0.2) is 0 Å². The highest BCUT2D eigenvalue weighted by atomic mass is 16.5. The van der Waals surface area contributed by atoms with E-state index >= 15 is 0 Å². The lowest BCUT2D eigenvalue weighted by atomic mass is 10.1. The van der Waals surface area contributed by atoms with Gasteiger partial charge in [-0.2, -0.15) is 0 Å². The first-order valence-corrected chi connectivity index (χ1v) is 7.91. The average Bonchev–Trinajstić information content (AvgIpc) is 2.95. The van der Waals surface area contributed by atoms with Gasteiger partial charge in [0.05, 0.1) is 12.2 Å². The van der Waals surface area contributed by atoms with Crippen molar-refractivity contribution in [2.45, 2.75) is 44.9 Å². The molecule has 1 aromatic carbocycles. The highest BCUT2D eigenvalue weighted by molar-refractivity contribution is 5.86. The average molecular weight is 288 g/mol. The number of carbonyl (C=O) groups excluding carboxylic acids is 1. The maximum Gasteiger partial charge on any atom is 0.245 e. The van der Waals surface area contributed by atoms with Gasteiger partial charge in [0.2, 0.25) is 5.91 Å². The van der Waals surface area contributed by atoms with Crippen LogP contribution in [0, 0.1) is 0 Å². The van der Waals surface area contributed by atoms with Crippen molar-refractivity contribution in [2.75, 3.05) is 24.5 Å². The number of rotatable bonds is 2. The predicted octanol–water partition coefficient (Wildman–Crippen LogP) is 2.29. The van der Waals surface area contributed by atoms with E-state index in [1.165, 1.54) is 0 Å². The molecule has 21 heavy (non-hydrogen) atoms. The van der Waals surface area contributed by atoms with Gasteiger partial charge < -0.3 is 14.5 Å². The van der Waals surface area contributed by atoms with Crippen LogP contribution in [-0.2, 0) is 9.53 Å². The van der Waals surface area contributed by atoms with Gasteiger partial charge in [-0.05, 0) is 38.8 Å². The fraction of sp³-hybridized carbons (Fsp3) is 0.588. The number of para-hydroxylation sites is 1. The van der Waals surface area contributed by atoms with E-state index in [0.29, 0.717) is 13.1 Å². The van der Waals surface area contributed by atoms with E-state index in [1.54, 1.807) is 0 Å². The van der Waals surface area contributed by atoms with Crippen molar-refractivity contribution in [1.29, 1.82) is 0 Å². The highest BCUT2D eigenvalue weighted by Crippen LogP contribution is 2.27. The van der Waals surface area contributed by atoms with E-state index in [-0.39, 0.29) is 24.2 Å². The van der Waals surface area contributed by atoms with Gasteiger partial charge in [-0.1, -0.05) is 18.2 Å². The SMILES string of the molecule is C[C@@H]1CN(C(=O)C2CCCN2c2ccccc2)C[C@H](C)O1. The van der Waals surface area contributed by atoms with E-state index in [4.69, 9.17) is 4.74 Å². The van der Waals surface area contributed by atoms with Crippen LogP contribution in [0.5, 0.6) is 0 Å². The van der Waals surface area contributed by atoms with Crippen molar-refractivity contribution in [3.8, 4) is 0 Å². The Morgan fingerprint density at radius 3 is 2.48 bits per heavy atom. The first-order chi connectivity index (χ1) is 10.1. The Kier molecular flexibility index (Phi) is 4.15. The molecule has 0 radical (unpaired) electrons. The number of hydrogen-bond donors (Lipinski definition) is 0. The normalized spacial score (nSPS) is 29.7. The summed E-state index contributed by atoms with van der Waals surface area (Å²) in [5, 5.41) is 0. The lowest BCUT2D eigenvalue weighted by molar-refractivity contribution is -0.144. The summed E-state index contributed by atoms with van der Waals surface area (Å²) in [6.45, 7) is 6.47. The predicted molar refractivity (Wildman–Crippen MR) is 83.4 cm³/mol. The minimum atomic E-state index is -0.00935. The summed E-state index contributed by atoms with van der Waals surface area (Å²) in [6, 6.07) is 10.3. The van der Waals surface area contributed by atoms with Gasteiger partial charge in [-0.25, -0.2) is 0 Å². The molecule has 3 rings (SSSR count). The fourth-order valence-corrected chi connectivity index (χ4v) is 3.52. The van der Waals surface area contributed by atoms with Crippen LogP contribution in [0.4, 0.5) is 5.69 Å². The Bertz CT molecular complexity index is 481. The number of hydrogen-bond acceptors (Lipinski definition) is 3. The summed E-state index contributed by atoms with van der Waals surface area (Å²) in [5.74, 6) is 0.262. The fourth-order valence-electron chi connectivity index (χ4n) is 3.52. The third-order valence-corrected chi connectivity index (χ3v) is 4.36. The zero-order chi connectivity index (χ0) is 14.8. The monoisotopic (exact) mass is 288 g/mol. The van der Waals surface area contributed by atoms with Crippen LogP contribution in [0.1, 0.15) is 26.7 Å². The second-order valence-electron chi connectivity index (χ2n) is 6.19. The van der Waals surface area contributed by atoms with E-state index in [0.717, 1.165) is 25.1 Å². The van der Waals surface area contributed by atoms with Gasteiger partial charge in [0.1, 0.15) is 6.04 Å². The van der Waals surface area contributed by atoms with Gasteiger partial charge in [0.25, 0.3) is 0 Å². The third-order valence-electron chi connectivity index (χ3n) is 4.36. The molecule has 4 heteroatoms. The minimum Gasteiger partial charge on any atom is -0.372 e. The van der Waals surface area contributed by atoms with Crippen molar-refractivity contribution in [3.05, 3.63) is 30.3 Å². The molecule has 2 aliphatic rings. The number of morpholine rings is 1. The summed E-state index contributed by atoms with van der Waals surface area (Å²) in [7, 11) is 0. The molecule has 0 spiro atoms. The molecule has 3 atom stereocenters. The molecule has 0 aliphatic carbocycles. The molecule has 0 bridgehead atoms. The largest absolute Gasteiger partial charge is 0.372 e. The van der Waals surface area contributed by atoms with Crippen LogP contribution < -0.4 is 4.90 Å². The molecule has 2 heterocycles. The Balaban J connectivity index is 1.74. The van der Waals surface area contributed by atoms with Crippen molar-refractivity contribution < 1.29 is 9.53 Å². The van der Waals surface area contributed by atoms with E-state index in [9.17, 15) is 4.79 Å². The van der Waals surface area contributed by atoms with Crippen molar-refractivity contribution in [2.24, 2.45) is 0 Å². The van der Waals surface area contributed by atoms with Gasteiger partial charge in [-0.15, -0.1) is 0 Å². The standard InChI is InChI=1S/C17H24N2O2/c1-13-11-18(12-14(2)21-13)17(20)16-9-6-10-19(16)15-7-4-3-5-8-15/h3-5,7-8,13-14,16H,6,9-12H2,1-2H3/t13-,14+,16?. The van der Waals surface area contributed by atoms with Crippen LogP contribution in [0.25, 0.3) is 0 Å². The molecule has 1 amide bonds. The summed E-state index contributed by atoms with van der Waals surface area (Å²) in [6.07, 6.45) is 2.29. The first kappa shape index (κ1) is 14.4. The Hall–Kier alpha value is -1.55. The zero-order valence-corrected chi connectivity index (χ0v) is 12.9. The number of anilines is 1. The van der Waals surface area contributed by atoms with Crippen LogP contribution >= 0.6 is 0 Å². The summed E-state index contributed by atoms with van der Waals surface area (Å²) < 4.78 is 5.73. The molecular weight excluding hydrogens is 264 g/mol. The molecule has 114 valence electrons. The van der Waals surface area contributed by atoms with Crippen LogP contribution in [0.15, 0.2) is 30.3 Å². The zero-order valence-electron chi connectivity index (χ0n) is 12.9. The molecule has 2 saturated heterocycles. The summed E-state index contributed by atoms with van der Waals surface area (Å²) >= 11 is 0. The molecule has 2 aliphatic heterocycles. The number of benzene rings is 1. The van der Waals surface area contributed by atoms with Crippen molar-refractivity contribution in [1.82, 2.24) is 4.90 Å². The molecule has 0 aromatic heterocycles. The van der Waals surface area contributed by atoms with Crippen molar-refractivity contribution >= 4 is 11.6 Å². The quantitative estimate of drug-likeness (QED) is 0.837. The smallest absolute Gasteiger partial charge is 0.245 e. The molecular formula is C17H24N2O2. The van der Waals surface area contributed by atoms with E-state index in [1.807, 2.05) is 36.9 Å². The van der Waals surface area contributed by atoms with E-state index < -0.39 is 0 Å². The van der Waals surface area contributed by atoms with Crippen LogP contribution in [-0.4, -0.2) is 48.7 Å². The topological polar surface area (TPSA) is 32.8 Å². The Morgan fingerprint density at radius 1 is 1.14 bits per heavy atom. The lowest BCUT2D eigenvalue weighted by Gasteiger charge is -2.38. The van der Waals surface area contributed by atoms with E-state index in [2.05, 4.69) is 17.0 Å². The second-order valence-corrected chi connectivity index (χ2v) is 6.19. The summed E-state index contributed by atoms with van der Waals surface area (Å²) in [4.78, 5) is 17.2. The Morgan fingerprint density at radius 2 is 1.81 bits per heavy atom. The lowest BCUT2D eigenvalue weighted by Crippen LogP contribution is -2.53. The molecule has 1 aromatic rings. The molecule has 2 fully saturated rings. The van der Waals surface area contributed by atoms with Crippen LogP contribution in [0.3, 0.4) is 0 Å². The number of ether oxygens (including phenoxy) is 1. The number of nitrogens with zero attached hydrogens (tertiary/aromatic N) is 2. The van der Waals surface area contributed by atoms with Gasteiger partial charge >= 0.3 is 0 Å². The highest BCUT2D eigenvalue weighted by Gasteiger charge is 2.36. The number of carbonyl (C=O) groups is 1.